The Morgan fingerprint density at radius 3 is 2.25 bits per heavy atom. The van der Waals surface area contributed by atoms with Crippen LogP contribution in [0.5, 0.6) is 0 Å². The van der Waals surface area contributed by atoms with Crippen LogP contribution in [0.15, 0.2) is 12.1 Å². The van der Waals surface area contributed by atoms with Crippen molar-refractivity contribution in [2.75, 3.05) is 11.0 Å². The molecule has 0 aliphatic rings. The van der Waals surface area contributed by atoms with E-state index in [-0.39, 0.29) is 10.8 Å². The molecule has 0 saturated carbocycles. The SMILES string of the molecule is Cc1sc(NS(C)(=O)=O)nc1-c1c(F)cc(F)cc1F. The van der Waals surface area contributed by atoms with Gasteiger partial charge in [-0.2, -0.15) is 0 Å². The highest BCUT2D eigenvalue weighted by Crippen LogP contribution is 2.34. The smallest absolute Gasteiger partial charge is 0.231 e. The van der Waals surface area contributed by atoms with Crippen molar-refractivity contribution in [3.63, 3.8) is 0 Å². The molecule has 0 atom stereocenters. The normalized spacial score (nSPS) is 11.7. The first kappa shape index (κ1) is 14.8. The number of halogens is 3. The second-order valence-electron chi connectivity index (χ2n) is 4.04. The second kappa shape index (κ2) is 5.06. The van der Waals surface area contributed by atoms with Gasteiger partial charge >= 0.3 is 0 Å². The molecule has 1 heterocycles. The molecule has 0 spiro atoms. The maximum atomic E-state index is 13.7. The summed E-state index contributed by atoms with van der Waals surface area (Å²) in [6.07, 6.45) is 0.933. The molecule has 0 unspecified atom stereocenters. The topological polar surface area (TPSA) is 59.1 Å². The van der Waals surface area contributed by atoms with Gasteiger partial charge in [-0.1, -0.05) is 0 Å². The zero-order valence-electron chi connectivity index (χ0n) is 10.4. The van der Waals surface area contributed by atoms with Crippen molar-refractivity contribution in [2.45, 2.75) is 6.92 Å². The molecule has 0 saturated heterocycles. The van der Waals surface area contributed by atoms with Gasteiger partial charge in [0.25, 0.3) is 0 Å². The number of benzene rings is 1. The van der Waals surface area contributed by atoms with Gasteiger partial charge in [-0.05, 0) is 6.92 Å². The third kappa shape index (κ3) is 3.10. The lowest BCUT2D eigenvalue weighted by molar-refractivity contribution is 0.547. The quantitative estimate of drug-likeness (QED) is 0.945. The largest absolute Gasteiger partial charge is 0.259 e. The Balaban J connectivity index is 2.55. The molecule has 0 radical (unpaired) electrons. The minimum atomic E-state index is -3.54. The summed E-state index contributed by atoms with van der Waals surface area (Å²) in [6, 6.07) is 1.09. The number of aromatic nitrogens is 1. The molecule has 2 aromatic rings. The molecule has 9 heteroatoms. The maximum absolute atomic E-state index is 13.7. The highest BCUT2D eigenvalue weighted by atomic mass is 32.2. The molecule has 20 heavy (non-hydrogen) atoms. The van der Waals surface area contributed by atoms with Crippen LogP contribution >= 0.6 is 11.3 Å². The summed E-state index contributed by atoms with van der Waals surface area (Å²) in [5.74, 6) is -3.23. The van der Waals surface area contributed by atoms with E-state index in [0.29, 0.717) is 17.0 Å². The number of sulfonamides is 1. The number of thiazole rings is 1. The molecule has 4 nitrogen and oxygen atoms in total. The molecule has 0 aliphatic carbocycles. The van der Waals surface area contributed by atoms with Gasteiger partial charge in [0.15, 0.2) is 5.13 Å². The van der Waals surface area contributed by atoms with E-state index in [1.807, 2.05) is 0 Å². The van der Waals surface area contributed by atoms with E-state index >= 15 is 0 Å². The Morgan fingerprint density at radius 1 is 1.20 bits per heavy atom. The average Bonchev–Trinajstić information content (AvgIpc) is 2.55. The van der Waals surface area contributed by atoms with Crippen molar-refractivity contribution in [1.29, 1.82) is 0 Å². The van der Waals surface area contributed by atoms with Crippen molar-refractivity contribution in [3.05, 3.63) is 34.5 Å². The van der Waals surface area contributed by atoms with Crippen LogP contribution in [0, 0.1) is 24.4 Å². The molecular weight excluding hydrogens is 313 g/mol. The van der Waals surface area contributed by atoms with Crippen LogP contribution in [0.25, 0.3) is 11.3 Å². The van der Waals surface area contributed by atoms with Crippen LogP contribution in [0.4, 0.5) is 18.3 Å². The van der Waals surface area contributed by atoms with Crippen molar-refractivity contribution < 1.29 is 21.6 Å². The van der Waals surface area contributed by atoms with Gasteiger partial charge in [-0.3, -0.25) is 4.72 Å². The molecular formula is C11H9F3N2O2S2. The van der Waals surface area contributed by atoms with Crippen LogP contribution in [-0.2, 0) is 10.0 Å². The minimum Gasteiger partial charge on any atom is -0.259 e. The summed E-state index contributed by atoms with van der Waals surface area (Å²) >= 11 is 0.929. The number of nitrogens with zero attached hydrogens (tertiary/aromatic N) is 1. The van der Waals surface area contributed by atoms with Crippen molar-refractivity contribution in [3.8, 4) is 11.3 Å². The van der Waals surface area contributed by atoms with E-state index in [2.05, 4.69) is 9.71 Å². The lowest BCUT2D eigenvalue weighted by Crippen LogP contribution is -2.09. The predicted molar refractivity (Wildman–Crippen MR) is 70.6 cm³/mol. The summed E-state index contributed by atoms with van der Waals surface area (Å²) in [7, 11) is -3.54. The van der Waals surface area contributed by atoms with Gasteiger partial charge in [0.1, 0.15) is 17.5 Å². The minimum absolute atomic E-state index is 0.0110. The fourth-order valence-electron chi connectivity index (χ4n) is 1.60. The van der Waals surface area contributed by atoms with Gasteiger partial charge < -0.3 is 0 Å². The van der Waals surface area contributed by atoms with Crippen LogP contribution in [0.1, 0.15) is 4.88 Å². The monoisotopic (exact) mass is 322 g/mol. The highest BCUT2D eigenvalue weighted by molar-refractivity contribution is 7.92. The summed E-state index contributed by atoms with van der Waals surface area (Å²) in [5, 5.41) is -0.0110. The summed E-state index contributed by atoms with van der Waals surface area (Å²) in [6.45, 7) is 1.53. The molecule has 0 aliphatic heterocycles. The van der Waals surface area contributed by atoms with E-state index in [9.17, 15) is 21.6 Å². The van der Waals surface area contributed by atoms with Gasteiger partial charge in [0.05, 0.1) is 17.5 Å². The first-order valence-electron chi connectivity index (χ1n) is 5.27. The van der Waals surface area contributed by atoms with E-state index in [1.54, 1.807) is 0 Å². The Hall–Kier alpha value is -1.61. The summed E-state index contributed by atoms with van der Waals surface area (Å²) < 4.78 is 64.5. The molecule has 0 amide bonds. The van der Waals surface area contributed by atoms with Gasteiger partial charge in [0.2, 0.25) is 10.0 Å². The third-order valence-electron chi connectivity index (χ3n) is 2.31. The Labute approximate surface area is 117 Å². The van der Waals surface area contributed by atoms with E-state index < -0.39 is 33.0 Å². The number of aryl methyl sites for hydroxylation is 1. The number of hydrogen-bond donors (Lipinski definition) is 1. The number of anilines is 1. The summed E-state index contributed by atoms with van der Waals surface area (Å²) in [5.41, 5.74) is -0.544. The molecule has 108 valence electrons. The summed E-state index contributed by atoms with van der Waals surface area (Å²) in [4.78, 5) is 4.25. The average molecular weight is 322 g/mol. The van der Waals surface area contributed by atoms with E-state index in [0.717, 1.165) is 17.6 Å². The zero-order valence-corrected chi connectivity index (χ0v) is 12.0. The van der Waals surface area contributed by atoms with Crippen molar-refractivity contribution >= 4 is 26.5 Å². The van der Waals surface area contributed by atoms with Crippen LogP contribution in [-0.4, -0.2) is 19.7 Å². The second-order valence-corrected chi connectivity index (χ2v) is 6.99. The predicted octanol–water partition coefficient (Wildman–Crippen LogP) is 2.91. The molecule has 1 aromatic heterocycles. The van der Waals surface area contributed by atoms with Gasteiger partial charge in [0, 0.05) is 17.0 Å². The Kier molecular flexibility index (Phi) is 3.74. The van der Waals surface area contributed by atoms with Gasteiger partial charge in [-0.15, -0.1) is 11.3 Å². The molecule has 2 rings (SSSR count). The first-order valence-corrected chi connectivity index (χ1v) is 7.98. The lowest BCUT2D eigenvalue weighted by atomic mass is 10.1. The first-order chi connectivity index (χ1) is 9.17. The zero-order chi connectivity index (χ0) is 15.1. The molecule has 1 aromatic carbocycles. The number of hydrogen-bond acceptors (Lipinski definition) is 4. The molecule has 1 N–H and O–H groups in total. The van der Waals surface area contributed by atoms with Crippen LogP contribution in [0.2, 0.25) is 0 Å². The lowest BCUT2D eigenvalue weighted by Gasteiger charge is -2.03. The fraction of sp³-hybridized carbons (Fsp3) is 0.182. The standard InChI is InChI=1S/C11H9F3N2O2S2/c1-5-10(15-11(19-5)16-20(2,17)18)9-7(13)3-6(12)4-8(9)14/h3-4H,1-2H3,(H,15,16). The number of nitrogens with one attached hydrogen (secondary N) is 1. The Bertz CT molecular complexity index is 749. The van der Waals surface area contributed by atoms with Crippen LogP contribution < -0.4 is 4.72 Å². The van der Waals surface area contributed by atoms with Crippen molar-refractivity contribution in [1.82, 2.24) is 4.98 Å². The molecule has 0 fully saturated rings. The maximum Gasteiger partial charge on any atom is 0.231 e. The van der Waals surface area contributed by atoms with E-state index in [4.69, 9.17) is 0 Å². The van der Waals surface area contributed by atoms with Crippen molar-refractivity contribution in [2.24, 2.45) is 0 Å². The van der Waals surface area contributed by atoms with E-state index in [1.165, 1.54) is 6.92 Å². The Morgan fingerprint density at radius 2 is 1.75 bits per heavy atom. The van der Waals surface area contributed by atoms with Gasteiger partial charge in [-0.25, -0.2) is 26.6 Å². The highest BCUT2D eigenvalue weighted by Gasteiger charge is 2.20. The molecule has 0 bridgehead atoms. The third-order valence-corrected chi connectivity index (χ3v) is 3.89. The number of rotatable bonds is 3. The van der Waals surface area contributed by atoms with Crippen LogP contribution in [0.3, 0.4) is 0 Å². The fourth-order valence-corrected chi connectivity index (χ4v) is 3.25.